The molecule has 2 aliphatic carbocycles. The van der Waals surface area contributed by atoms with Crippen molar-refractivity contribution in [2.75, 3.05) is 52.5 Å². The van der Waals surface area contributed by atoms with Crippen LogP contribution in [0.25, 0.3) is 0 Å². The van der Waals surface area contributed by atoms with Gasteiger partial charge < -0.3 is 31.5 Å². The molecule has 1 aromatic carbocycles. The lowest BCUT2D eigenvalue weighted by Crippen LogP contribution is -2.46. The van der Waals surface area contributed by atoms with Crippen molar-refractivity contribution in [3.63, 3.8) is 0 Å². The maximum absolute atomic E-state index is 13.3. The van der Waals surface area contributed by atoms with Gasteiger partial charge in [-0.25, -0.2) is 0 Å². The number of carbonyl (C=O) groups is 2. The van der Waals surface area contributed by atoms with Crippen LogP contribution in [0.4, 0.5) is 0 Å². The largest absolute Gasteiger partial charge is 0.395 e. The SMILES string of the molecule is O=C1c2ccccc2C(=O)C2C(NCCNCCO)=CC=C(NCCNCCO)C12. The zero-order valence-electron chi connectivity index (χ0n) is 17.0. The second-order valence-corrected chi connectivity index (χ2v) is 7.27. The smallest absolute Gasteiger partial charge is 0.173 e. The van der Waals surface area contributed by atoms with E-state index in [-0.39, 0.29) is 24.8 Å². The van der Waals surface area contributed by atoms with Gasteiger partial charge in [0.15, 0.2) is 11.6 Å². The molecule has 0 bridgehead atoms. The van der Waals surface area contributed by atoms with E-state index in [0.29, 0.717) is 50.4 Å². The van der Waals surface area contributed by atoms with E-state index in [0.717, 1.165) is 11.4 Å². The van der Waals surface area contributed by atoms with Gasteiger partial charge in [0.1, 0.15) is 0 Å². The molecule has 0 aliphatic heterocycles. The van der Waals surface area contributed by atoms with Crippen molar-refractivity contribution < 1.29 is 19.8 Å². The Morgan fingerprint density at radius 3 is 1.50 bits per heavy atom. The van der Waals surface area contributed by atoms with Crippen molar-refractivity contribution in [2.45, 2.75) is 0 Å². The van der Waals surface area contributed by atoms with Crippen molar-refractivity contribution in [3.05, 3.63) is 58.9 Å². The Morgan fingerprint density at radius 2 is 1.10 bits per heavy atom. The normalized spacial score (nSPS) is 20.2. The van der Waals surface area contributed by atoms with Gasteiger partial charge in [0.2, 0.25) is 0 Å². The molecule has 0 saturated heterocycles. The maximum Gasteiger partial charge on any atom is 0.173 e. The van der Waals surface area contributed by atoms with Crippen molar-refractivity contribution >= 4 is 11.6 Å². The molecular weight excluding hydrogens is 384 g/mol. The number of nitrogens with one attached hydrogen (secondary N) is 4. The number of rotatable bonds is 12. The summed E-state index contributed by atoms with van der Waals surface area (Å²) in [4.78, 5) is 26.7. The van der Waals surface area contributed by atoms with E-state index in [2.05, 4.69) is 21.3 Å². The third kappa shape index (κ3) is 4.96. The fraction of sp³-hybridized carbons (Fsp3) is 0.455. The first-order valence-electron chi connectivity index (χ1n) is 10.4. The second kappa shape index (κ2) is 11.0. The first kappa shape index (κ1) is 22.2. The lowest BCUT2D eigenvalue weighted by Gasteiger charge is -2.36. The summed E-state index contributed by atoms with van der Waals surface area (Å²) in [5.41, 5.74) is 2.42. The molecule has 3 rings (SSSR count). The van der Waals surface area contributed by atoms with Crippen LogP contribution in [-0.2, 0) is 0 Å². The lowest BCUT2D eigenvalue weighted by molar-refractivity contribution is 0.0775. The topological polar surface area (TPSA) is 123 Å². The van der Waals surface area contributed by atoms with E-state index in [9.17, 15) is 9.59 Å². The third-order valence-electron chi connectivity index (χ3n) is 5.31. The van der Waals surface area contributed by atoms with Gasteiger partial charge >= 0.3 is 0 Å². The summed E-state index contributed by atoms with van der Waals surface area (Å²) in [5, 5.41) is 30.5. The molecule has 1 aromatic rings. The summed E-state index contributed by atoms with van der Waals surface area (Å²) in [7, 11) is 0. The molecule has 2 atom stereocenters. The van der Waals surface area contributed by atoms with E-state index >= 15 is 0 Å². The highest BCUT2D eigenvalue weighted by Gasteiger charge is 2.46. The average Bonchev–Trinajstić information content (AvgIpc) is 2.77. The minimum Gasteiger partial charge on any atom is -0.395 e. The van der Waals surface area contributed by atoms with Crippen LogP contribution >= 0.6 is 0 Å². The molecule has 0 heterocycles. The van der Waals surface area contributed by atoms with E-state index < -0.39 is 11.8 Å². The van der Waals surface area contributed by atoms with E-state index in [1.165, 1.54) is 0 Å². The molecule has 0 aromatic heterocycles. The summed E-state index contributed by atoms with van der Waals surface area (Å²) >= 11 is 0. The van der Waals surface area contributed by atoms with Crippen LogP contribution in [0.15, 0.2) is 47.8 Å². The monoisotopic (exact) mass is 414 g/mol. The summed E-state index contributed by atoms with van der Waals surface area (Å²) in [5.74, 6) is -1.27. The highest BCUT2D eigenvalue weighted by atomic mass is 16.3. The number of Topliss-reactive ketones (excluding diaryl/α,β-unsaturated/α-hetero) is 2. The van der Waals surface area contributed by atoms with Crippen LogP contribution in [0.5, 0.6) is 0 Å². The zero-order valence-corrected chi connectivity index (χ0v) is 17.0. The Bertz CT molecular complexity index is 754. The molecule has 8 nitrogen and oxygen atoms in total. The van der Waals surface area contributed by atoms with Gasteiger partial charge in [-0.2, -0.15) is 0 Å². The first-order chi connectivity index (χ1) is 14.7. The number of aliphatic hydroxyl groups excluding tert-OH is 2. The van der Waals surface area contributed by atoms with E-state index in [1.807, 2.05) is 12.2 Å². The summed E-state index contributed by atoms with van der Waals surface area (Å²) in [6.45, 7) is 3.61. The van der Waals surface area contributed by atoms with Crippen LogP contribution in [-0.4, -0.2) is 74.3 Å². The molecular formula is C22H30N4O4. The van der Waals surface area contributed by atoms with Gasteiger partial charge in [-0.3, -0.25) is 9.59 Å². The van der Waals surface area contributed by atoms with E-state index in [4.69, 9.17) is 10.2 Å². The number of carbonyl (C=O) groups excluding carboxylic acids is 2. The number of hydrogen-bond acceptors (Lipinski definition) is 8. The number of hydrogen-bond donors (Lipinski definition) is 6. The highest BCUT2D eigenvalue weighted by molar-refractivity contribution is 6.18. The summed E-state index contributed by atoms with van der Waals surface area (Å²) < 4.78 is 0. The Labute approximate surface area is 176 Å². The minimum absolute atomic E-state index is 0.0527. The van der Waals surface area contributed by atoms with Crippen molar-refractivity contribution in [1.29, 1.82) is 0 Å². The second-order valence-electron chi connectivity index (χ2n) is 7.27. The first-order valence-corrected chi connectivity index (χ1v) is 10.4. The number of allylic oxidation sites excluding steroid dienone is 4. The molecule has 30 heavy (non-hydrogen) atoms. The van der Waals surface area contributed by atoms with Crippen molar-refractivity contribution in [2.24, 2.45) is 11.8 Å². The Kier molecular flexibility index (Phi) is 8.15. The van der Waals surface area contributed by atoms with Gasteiger partial charge in [-0.05, 0) is 12.2 Å². The average molecular weight is 415 g/mol. The van der Waals surface area contributed by atoms with Gasteiger partial charge in [0, 0.05) is 61.8 Å². The van der Waals surface area contributed by atoms with Crippen LogP contribution in [0.3, 0.4) is 0 Å². The predicted molar refractivity (Wildman–Crippen MR) is 114 cm³/mol. The molecule has 8 heteroatoms. The molecule has 0 amide bonds. The zero-order chi connectivity index (χ0) is 21.3. The molecule has 0 spiro atoms. The lowest BCUT2D eigenvalue weighted by atomic mass is 9.69. The fourth-order valence-electron chi connectivity index (χ4n) is 3.92. The molecule has 162 valence electrons. The van der Waals surface area contributed by atoms with Gasteiger partial charge in [0.25, 0.3) is 0 Å². The number of ketones is 2. The molecule has 2 aliphatic rings. The number of fused-ring (bicyclic) bond motifs is 2. The quantitative estimate of drug-likeness (QED) is 0.251. The Hall–Kier alpha value is -2.52. The van der Waals surface area contributed by atoms with Crippen molar-refractivity contribution in [1.82, 2.24) is 21.3 Å². The van der Waals surface area contributed by atoms with Gasteiger partial charge in [0.05, 0.1) is 25.0 Å². The minimum atomic E-state index is -0.580. The predicted octanol–water partition coefficient (Wildman–Crippen LogP) is -0.578. The third-order valence-corrected chi connectivity index (χ3v) is 5.31. The maximum atomic E-state index is 13.3. The molecule has 2 unspecified atom stereocenters. The molecule has 6 N–H and O–H groups in total. The summed E-state index contributed by atoms with van der Waals surface area (Å²) in [6, 6.07) is 7.00. The Morgan fingerprint density at radius 1 is 0.667 bits per heavy atom. The van der Waals surface area contributed by atoms with Gasteiger partial charge in [-0.15, -0.1) is 0 Å². The van der Waals surface area contributed by atoms with Crippen LogP contribution in [0.1, 0.15) is 20.7 Å². The summed E-state index contributed by atoms with van der Waals surface area (Å²) in [6.07, 6.45) is 3.74. The Balaban J connectivity index is 1.79. The fourth-order valence-corrected chi connectivity index (χ4v) is 3.92. The number of aliphatic hydroxyl groups is 2. The van der Waals surface area contributed by atoms with Crippen LogP contribution < -0.4 is 21.3 Å². The van der Waals surface area contributed by atoms with Crippen LogP contribution in [0, 0.1) is 11.8 Å². The standard InChI is InChI=1S/C22H30N4O4/c27-13-11-23-7-9-25-17-5-6-18(26-10-8-24-12-14-28)20-19(17)21(29)15-3-1-2-4-16(15)22(20)30/h1-6,19-20,23-28H,7-14H2. The van der Waals surface area contributed by atoms with E-state index in [1.54, 1.807) is 24.3 Å². The van der Waals surface area contributed by atoms with Gasteiger partial charge in [-0.1, -0.05) is 24.3 Å². The highest BCUT2D eigenvalue weighted by Crippen LogP contribution is 2.39. The molecule has 0 radical (unpaired) electrons. The molecule has 0 fully saturated rings. The van der Waals surface area contributed by atoms with Crippen LogP contribution in [0.2, 0.25) is 0 Å². The molecule has 0 saturated carbocycles. The van der Waals surface area contributed by atoms with Crippen molar-refractivity contribution in [3.8, 4) is 0 Å². The number of benzene rings is 1.